The Labute approximate surface area is 245 Å². The van der Waals surface area contributed by atoms with E-state index in [1.54, 1.807) is 30.1 Å². The third kappa shape index (κ3) is 6.60. The van der Waals surface area contributed by atoms with E-state index in [9.17, 15) is 5.11 Å². The van der Waals surface area contributed by atoms with Crippen LogP contribution in [-0.2, 0) is 18.0 Å². The summed E-state index contributed by atoms with van der Waals surface area (Å²) in [6.45, 7) is 14.4. The number of aliphatic hydroxyl groups is 1. The number of benzene rings is 2. The molecule has 0 spiro atoms. The molecule has 3 aromatic heterocycles. The van der Waals surface area contributed by atoms with Crippen LogP contribution in [0.2, 0.25) is 24.7 Å². The molecule has 10 nitrogen and oxygen atoms in total. The molecule has 12 heteroatoms. The van der Waals surface area contributed by atoms with Gasteiger partial charge in [-0.3, -0.25) is 15.0 Å². The Morgan fingerprint density at radius 2 is 1.88 bits per heavy atom. The van der Waals surface area contributed by atoms with Gasteiger partial charge in [0.05, 0.1) is 49.3 Å². The Morgan fingerprint density at radius 1 is 1.07 bits per heavy atom. The summed E-state index contributed by atoms with van der Waals surface area (Å²) in [5.41, 5.74) is 4.72. The maximum absolute atomic E-state index is 9.38. The monoisotopic (exact) mass is 593 g/mol. The van der Waals surface area contributed by atoms with Crippen molar-refractivity contribution >= 4 is 41.7 Å². The first-order valence-electron chi connectivity index (χ1n) is 13.7. The van der Waals surface area contributed by atoms with Gasteiger partial charge in [-0.05, 0) is 45.0 Å². The summed E-state index contributed by atoms with van der Waals surface area (Å²) in [4.78, 5) is 14.1. The van der Waals surface area contributed by atoms with Gasteiger partial charge in [-0.25, -0.2) is 9.97 Å². The Balaban J connectivity index is 1.36. The Hall–Kier alpha value is -3.35. The lowest BCUT2D eigenvalue weighted by Gasteiger charge is -2.25. The number of aryl methyl sites for hydroxylation is 1. The highest BCUT2D eigenvalue weighted by molar-refractivity contribution is 6.77. The van der Waals surface area contributed by atoms with Crippen LogP contribution in [0.4, 0.5) is 0 Å². The molecular weight excluding hydrogens is 558 g/mol. The maximum Gasteiger partial charge on any atom is 0.148 e. The van der Waals surface area contributed by atoms with Crippen molar-refractivity contribution in [2.24, 2.45) is 0 Å². The third-order valence-electron chi connectivity index (χ3n) is 7.14. The van der Waals surface area contributed by atoms with Crippen LogP contribution in [0.5, 0.6) is 11.5 Å². The van der Waals surface area contributed by atoms with E-state index in [-0.39, 0.29) is 5.73 Å². The number of imidazole rings is 1. The van der Waals surface area contributed by atoms with Crippen LogP contribution in [-0.4, -0.2) is 61.0 Å². The largest absolute Gasteiger partial charge is 0.456 e. The van der Waals surface area contributed by atoms with E-state index in [0.717, 1.165) is 22.4 Å². The molecule has 3 heterocycles. The second kappa shape index (κ2) is 11.9. The maximum atomic E-state index is 9.38. The van der Waals surface area contributed by atoms with Crippen molar-refractivity contribution in [2.75, 3.05) is 6.54 Å². The fraction of sp³-hybridized carbons (Fsp3) is 0.379. The molecule has 5 aromatic rings. The molecule has 216 valence electrons. The number of hydrogen-bond acceptors (Lipinski definition) is 8. The number of ether oxygens (including phenoxy) is 2. The zero-order valence-electron chi connectivity index (χ0n) is 24.2. The molecule has 2 N–H and O–H groups in total. The molecule has 2 atom stereocenters. The average Bonchev–Trinajstić information content (AvgIpc) is 3.51. The fourth-order valence-electron chi connectivity index (χ4n) is 4.27. The lowest BCUT2D eigenvalue weighted by atomic mass is 10.2. The van der Waals surface area contributed by atoms with Crippen LogP contribution < -0.4 is 10.1 Å². The van der Waals surface area contributed by atoms with Crippen molar-refractivity contribution in [3.63, 3.8) is 0 Å². The van der Waals surface area contributed by atoms with Crippen molar-refractivity contribution in [3.05, 3.63) is 59.8 Å². The van der Waals surface area contributed by atoms with Crippen LogP contribution in [0.3, 0.4) is 0 Å². The first-order chi connectivity index (χ1) is 19.5. The van der Waals surface area contributed by atoms with Crippen LogP contribution in [0.25, 0.3) is 33.3 Å². The van der Waals surface area contributed by atoms with E-state index >= 15 is 0 Å². The third-order valence-corrected chi connectivity index (χ3v) is 10.1. The minimum absolute atomic E-state index is 0.231. The molecule has 0 saturated carbocycles. The molecule has 0 fully saturated rings. The summed E-state index contributed by atoms with van der Waals surface area (Å²) in [5, 5.41) is 17.1. The zero-order valence-corrected chi connectivity index (χ0v) is 26.0. The minimum atomic E-state index is -1.40. The summed E-state index contributed by atoms with van der Waals surface area (Å²) in [6.07, 6.45) is 4.76. The van der Waals surface area contributed by atoms with E-state index < -0.39 is 14.3 Å². The van der Waals surface area contributed by atoms with Crippen molar-refractivity contribution in [1.29, 1.82) is 0 Å². The molecule has 41 heavy (non-hydrogen) atoms. The van der Waals surface area contributed by atoms with Crippen molar-refractivity contribution in [3.8, 4) is 22.8 Å². The number of aliphatic hydroxyl groups excluding tert-OH is 1. The van der Waals surface area contributed by atoms with Gasteiger partial charge in [-0.1, -0.05) is 31.2 Å². The lowest BCUT2D eigenvalue weighted by Crippen LogP contribution is -2.38. The quantitative estimate of drug-likeness (QED) is 0.147. The number of aromatic nitrogens is 6. The first kappa shape index (κ1) is 29.1. The van der Waals surface area contributed by atoms with Crippen molar-refractivity contribution in [2.45, 2.75) is 65.6 Å². The number of fused-ring (bicyclic) bond motifs is 2. The summed E-state index contributed by atoms with van der Waals surface area (Å²) in [6, 6.07) is 9.45. The molecule has 0 aliphatic heterocycles. The average molecular weight is 594 g/mol. The molecule has 0 aliphatic carbocycles. The van der Waals surface area contributed by atoms with E-state index in [1.807, 2.05) is 37.4 Å². The molecular formula is C29H36ClN7O3Si. The summed E-state index contributed by atoms with van der Waals surface area (Å²) in [5.74, 6) is 1.98. The number of nitrogens with zero attached hydrogens (tertiary/aromatic N) is 6. The van der Waals surface area contributed by atoms with Crippen LogP contribution in [0.15, 0.2) is 48.9 Å². The second-order valence-corrected chi connectivity index (χ2v) is 17.2. The Kier molecular flexibility index (Phi) is 8.44. The summed E-state index contributed by atoms with van der Waals surface area (Å²) in [7, 11) is -1.40. The molecule has 0 amide bonds. The second-order valence-electron chi connectivity index (χ2n) is 11.3. The minimum Gasteiger partial charge on any atom is -0.456 e. The van der Waals surface area contributed by atoms with Crippen LogP contribution >= 0.6 is 11.6 Å². The van der Waals surface area contributed by atoms with Gasteiger partial charge < -0.3 is 19.1 Å². The van der Waals surface area contributed by atoms with E-state index in [0.29, 0.717) is 53.1 Å². The molecule has 0 bridgehead atoms. The van der Waals surface area contributed by atoms with E-state index in [1.165, 1.54) is 0 Å². The highest BCUT2D eigenvalue weighted by Crippen LogP contribution is 2.36. The number of halogens is 1. The Morgan fingerprint density at radius 3 is 2.63 bits per heavy atom. The molecule has 5 rings (SSSR count). The lowest BCUT2D eigenvalue weighted by molar-refractivity contribution is 0.0578. The molecule has 0 aliphatic rings. The smallest absolute Gasteiger partial charge is 0.148 e. The number of hydrogen-bond donors (Lipinski definition) is 2. The van der Waals surface area contributed by atoms with Gasteiger partial charge >= 0.3 is 0 Å². The number of rotatable bonds is 11. The zero-order chi connectivity index (χ0) is 29.3. The molecule has 2 unspecified atom stereocenters. The number of nitrogens with one attached hydrogen (secondary N) is 1. The SMILES string of the molecule is Cc1nc2cc(Oc3ccc4ncc(-c5cnn(CCNC(C)O)c5)nc4c3Cl)ccc2n1COC(C)[Si](C)(C)C. The topological polar surface area (TPSA) is 112 Å². The van der Waals surface area contributed by atoms with Gasteiger partial charge in [0.15, 0.2) is 0 Å². The van der Waals surface area contributed by atoms with Gasteiger partial charge in [0.25, 0.3) is 0 Å². The normalized spacial score (nSPS) is 13.7. The van der Waals surface area contributed by atoms with Gasteiger partial charge in [-0.2, -0.15) is 5.10 Å². The van der Waals surface area contributed by atoms with Gasteiger partial charge in [-0.15, -0.1) is 0 Å². The van der Waals surface area contributed by atoms with Gasteiger partial charge in [0.2, 0.25) is 0 Å². The van der Waals surface area contributed by atoms with Crippen molar-refractivity contribution in [1.82, 2.24) is 34.6 Å². The van der Waals surface area contributed by atoms with Crippen LogP contribution in [0, 0.1) is 6.92 Å². The molecule has 0 saturated heterocycles. The molecule has 2 aromatic carbocycles. The van der Waals surface area contributed by atoms with Gasteiger partial charge in [0.1, 0.15) is 40.8 Å². The van der Waals surface area contributed by atoms with Gasteiger partial charge in [0, 0.05) is 30.1 Å². The summed E-state index contributed by atoms with van der Waals surface area (Å²) >= 11 is 6.80. The Bertz CT molecular complexity index is 1680. The van der Waals surface area contributed by atoms with E-state index in [4.69, 9.17) is 31.0 Å². The highest BCUT2D eigenvalue weighted by atomic mass is 35.5. The van der Waals surface area contributed by atoms with Crippen LogP contribution in [0.1, 0.15) is 19.7 Å². The standard InChI is InChI=1S/C29H36ClN7O3Si/c1-18-34-24-13-22(7-9-26(24)37(18)17-39-20(3)41(4,5)6)40-27-10-8-23-29(28(27)30)35-25(15-32-23)21-14-33-36(16-21)12-11-31-19(2)38/h7-10,13-16,19-20,31,38H,11-12,17H2,1-6H3. The van der Waals surface area contributed by atoms with E-state index in [2.05, 4.69) is 46.5 Å². The fourth-order valence-corrected chi connectivity index (χ4v) is 5.09. The highest BCUT2D eigenvalue weighted by Gasteiger charge is 2.23. The predicted octanol–water partition coefficient (Wildman–Crippen LogP) is 5.77. The molecule has 0 radical (unpaired) electrons. The first-order valence-corrected chi connectivity index (χ1v) is 17.6. The summed E-state index contributed by atoms with van der Waals surface area (Å²) < 4.78 is 16.3. The predicted molar refractivity (Wildman–Crippen MR) is 164 cm³/mol. The van der Waals surface area contributed by atoms with Crippen molar-refractivity contribution < 1.29 is 14.6 Å².